The van der Waals surface area contributed by atoms with E-state index in [0.717, 1.165) is 19.4 Å². The summed E-state index contributed by atoms with van der Waals surface area (Å²) in [6.07, 6.45) is -1.21. The van der Waals surface area contributed by atoms with E-state index in [1.165, 1.54) is 35.3 Å². The number of benzene rings is 1. The quantitative estimate of drug-likeness (QED) is 0.935. The molecule has 0 radical (unpaired) electrons. The van der Waals surface area contributed by atoms with E-state index in [1.54, 1.807) is 0 Å². The van der Waals surface area contributed by atoms with Crippen LogP contribution in [0.25, 0.3) is 5.69 Å². The zero-order valence-corrected chi connectivity index (χ0v) is 12.2. The number of rotatable bonds is 3. The van der Waals surface area contributed by atoms with E-state index < -0.39 is 6.36 Å². The van der Waals surface area contributed by atoms with Crippen LogP contribution in [0.15, 0.2) is 30.6 Å². The van der Waals surface area contributed by atoms with Crippen LogP contribution in [0, 0.1) is 0 Å². The van der Waals surface area contributed by atoms with Crippen LogP contribution in [-0.2, 0) is 0 Å². The monoisotopic (exact) mass is 327 g/mol. The number of alkyl halides is 3. The smallest absolute Gasteiger partial charge is 0.406 e. The van der Waals surface area contributed by atoms with Crippen molar-refractivity contribution in [2.24, 2.45) is 5.73 Å². The van der Waals surface area contributed by atoms with Gasteiger partial charge >= 0.3 is 6.36 Å². The molecule has 2 aromatic rings. The van der Waals surface area contributed by atoms with Crippen molar-refractivity contribution in [1.82, 2.24) is 14.8 Å². The molecule has 0 saturated carbocycles. The first kappa shape index (κ1) is 15.6. The summed E-state index contributed by atoms with van der Waals surface area (Å²) in [4.78, 5) is 6.25. The second-order valence-corrected chi connectivity index (χ2v) is 5.38. The van der Waals surface area contributed by atoms with Crippen LogP contribution in [0.1, 0.15) is 12.8 Å². The number of halogens is 3. The lowest BCUT2D eigenvalue weighted by molar-refractivity contribution is -0.274. The van der Waals surface area contributed by atoms with Crippen molar-refractivity contribution in [2.45, 2.75) is 25.2 Å². The van der Waals surface area contributed by atoms with E-state index in [9.17, 15) is 13.2 Å². The average Bonchev–Trinajstić information content (AvgIpc) is 2.96. The van der Waals surface area contributed by atoms with Crippen molar-refractivity contribution >= 4 is 5.95 Å². The van der Waals surface area contributed by atoms with Gasteiger partial charge in [0.2, 0.25) is 5.95 Å². The fourth-order valence-corrected chi connectivity index (χ4v) is 2.52. The van der Waals surface area contributed by atoms with Gasteiger partial charge in [-0.3, -0.25) is 0 Å². The predicted octanol–water partition coefficient (Wildman–Crippen LogP) is 2.09. The predicted molar refractivity (Wildman–Crippen MR) is 77.5 cm³/mol. The highest BCUT2D eigenvalue weighted by Gasteiger charge is 2.31. The molecule has 0 spiro atoms. The van der Waals surface area contributed by atoms with Crippen LogP contribution in [-0.4, -0.2) is 40.3 Å². The molecule has 9 heteroatoms. The maximum absolute atomic E-state index is 12.1. The van der Waals surface area contributed by atoms with Gasteiger partial charge in [0.15, 0.2) is 0 Å². The van der Waals surface area contributed by atoms with Crippen LogP contribution in [0.4, 0.5) is 19.1 Å². The molecule has 1 saturated heterocycles. The molecular weight excluding hydrogens is 311 g/mol. The van der Waals surface area contributed by atoms with Crippen molar-refractivity contribution in [3.05, 3.63) is 30.6 Å². The first-order chi connectivity index (χ1) is 10.9. The van der Waals surface area contributed by atoms with Gasteiger partial charge in [-0.1, -0.05) is 0 Å². The summed E-state index contributed by atoms with van der Waals surface area (Å²) in [5.41, 5.74) is 6.53. The molecule has 124 valence electrons. The molecule has 1 aromatic carbocycles. The Balaban J connectivity index is 1.72. The molecule has 0 aliphatic carbocycles. The second kappa shape index (κ2) is 6.07. The van der Waals surface area contributed by atoms with Crippen LogP contribution in [0.5, 0.6) is 5.75 Å². The molecule has 6 nitrogen and oxygen atoms in total. The van der Waals surface area contributed by atoms with Crippen molar-refractivity contribution in [2.75, 3.05) is 18.0 Å². The molecule has 1 aliphatic heterocycles. The van der Waals surface area contributed by atoms with E-state index >= 15 is 0 Å². The highest BCUT2D eigenvalue weighted by atomic mass is 19.4. The van der Waals surface area contributed by atoms with E-state index in [-0.39, 0.29) is 11.8 Å². The fraction of sp³-hybridized carbons (Fsp3) is 0.429. The molecule has 23 heavy (non-hydrogen) atoms. The van der Waals surface area contributed by atoms with Gasteiger partial charge in [-0.25, -0.2) is 4.68 Å². The minimum Gasteiger partial charge on any atom is -0.406 e. The molecule has 0 amide bonds. The summed E-state index contributed by atoms with van der Waals surface area (Å²) in [6.45, 7) is 1.54. The van der Waals surface area contributed by atoms with Crippen LogP contribution >= 0.6 is 0 Å². The van der Waals surface area contributed by atoms with E-state index in [4.69, 9.17) is 5.73 Å². The van der Waals surface area contributed by atoms with E-state index in [2.05, 4.69) is 14.8 Å². The van der Waals surface area contributed by atoms with Gasteiger partial charge in [0.25, 0.3) is 0 Å². The average molecular weight is 327 g/mol. The van der Waals surface area contributed by atoms with Gasteiger partial charge in [0.05, 0.1) is 5.69 Å². The molecule has 0 bridgehead atoms. The first-order valence-corrected chi connectivity index (χ1v) is 7.19. The van der Waals surface area contributed by atoms with Crippen LogP contribution in [0.2, 0.25) is 0 Å². The Morgan fingerprint density at radius 1 is 1.22 bits per heavy atom. The lowest BCUT2D eigenvalue weighted by atomic mass is 10.1. The van der Waals surface area contributed by atoms with E-state index in [0.29, 0.717) is 18.2 Å². The van der Waals surface area contributed by atoms with Crippen LogP contribution < -0.4 is 15.4 Å². The van der Waals surface area contributed by atoms with Crippen molar-refractivity contribution in [3.8, 4) is 11.4 Å². The summed E-state index contributed by atoms with van der Waals surface area (Å²) < 4.78 is 41.8. The van der Waals surface area contributed by atoms with Gasteiger partial charge in [-0.2, -0.15) is 4.98 Å². The highest BCUT2D eigenvalue weighted by Crippen LogP contribution is 2.24. The molecule has 3 rings (SSSR count). The maximum atomic E-state index is 12.1. The van der Waals surface area contributed by atoms with Gasteiger partial charge in [-0.15, -0.1) is 18.3 Å². The zero-order chi connectivity index (χ0) is 16.4. The Morgan fingerprint density at radius 2 is 1.96 bits per heavy atom. The first-order valence-electron chi connectivity index (χ1n) is 7.19. The normalized spacial score (nSPS) is 19.0. The van der Waals surface area contributed by atoms with Gasteiger partial charge in [0.1, 0.15) is 12.1 Å². The summed E-state index contributed by atoms with van der Waals surface area (Å²) in [6, 6.07) is 5.56. The lowest BCUT2D eigenvalue weighted by Gasteiger charge is -2.29. The van der Waals surface area contributed by atoms with Crippen LogP contribution in [0.3, 0.4) is 0 Å². The summed E-state index contributed by atoms with van der Waals surface area (Å²) >= 11 is 0. The molecule has 2 heterocycles. The summed E-state index contributed by atoms with van der Waals surface area (Å²) in [5.74, 6) is 0.291. The maximum Gasteiger partial charge on any atom is 0.573 e. The fourth-order valence-electron chi connectivity index (χ4n) is 2.52. The third kappa shape index (κ3) is 3.92. The van der Waals surface area contributed by atoms with Gasteiger partial charge < -0.3 is 15.4 Å². The number of nitrogens with two attached hydrogens (primary N) is 1. The Hall–Kier alpha value is -2.29. The SMILES string of the molecule is NC1CCCN(c2ncn(-c3ccc(OC(F)(F)F)cc3)n2)C1. The molecule has 1 aromatic heterocycles. The zero-order valence-electron chi connectivity index (χ0n) is 12.2. The molecule has 1 fully saturated rings. The standard InChI is InChI=1S/C14H16F3N5O/c15-14(16,17)23-12-5-3-11(4-6-12)22-9-19-13(20-22)21-7-1-2-10(18)8-21/h3-6,9-10H,1-2,7-8,18H2. The highest BCUT2D eigenvalue weighted by molar-refractivity contribution is 5.38. The molecule has 1 unspecified atom stereocenters. The lowest BCUT2D eigenvalue weighted by Crippen LogP contribution is -2.43. The number of nitrogens with zero attached hydrogens (tertiary/aromatic N) is 4. The number of anilines is 1. The van der Waals surface area contributed by atoms with Gasteiger partial charge in [-0.05, 0) is 37.1 Å². The third-order valence-corrected chi connectivity index (χ3v) is 3.56. The number of aromatic nitrogens is 3. The Labute approximate surface area is 130 Å². The minimum atomic E-state index is -4.70. The summed E-state index contributed by atoms with van der Waals surface area (Å²) in [7, 11) is 0. The van der Waals surface area contributed by atoms with Gasteiger partial charge in [0, 0.05) is 19.1 Å². The second-order valence-electron chi connectivity index (χ2n) is 5.38. The number of piperidine rings is 1. The number of hydrogen-bond acceptors (Lipinski definition) is 5. The minimum absolute atomic E-state index is 0.106. The topological polar surface area (TPSA) is 69.2 Å². The molecular formula is C14H16F3N5O. The van der Waals surface area contributed by atoms with Crippen molar-refractivity contribution < 1.29 is 17.9 Å². The van der Waals surface area contributed by atoms with Crippen molar-refractivity contribution in [1.29, 1.82) is 0 Å². The Bertz CT molecular complexity index is 655. The Morgan fingerprint density at radius 3 is 2.61 bits per heavy atom. The third-order valence-electron chi connectivity index (χ3n) is 3.56. The Kier molecular flexibility index (Phi) is 4.12. The number of ether oxygens (including phenoxy) is 1. The summed E-state index contributed by atoms with van der Waals surface area (Å²) in [5, 5.41) is 4.36. The van der Waals surface area contributed by atoms with Crippen molar-refractivity contribution in [3.63, 3.8) is 0 Å². The molecule has 2 N–H and O–H groups in total. The molecule has 1 atom stereocenters. The largest absolute Gasteiger partial charge is 0.573 e. The number of hydrogen-bond donors (Lipinski definition) is 1. The van der Waals surface area contributed by atoms with E-state index in [1.807, 2.05) is 4.90 Å². The molecule has 1 aliphatic rings.